The minimum atomic E-state index is -0.632. The van der Waals surface area contributed by atoms with Crippen molar-refractivity contribution in [2.24, 2.45) is 5.92 Å². The molecule has 0 aromatic rings. The summed E-state index contributed by atoms with van der Waals surface area (Å²) >= 11 is 0. The fourth-order valence-electron chi connectivity index (χ4n) is 3.04. The number of allylic oxidation sites excluding steroid dienone is 1. The van der Waals surface area contributed by atoms with E-state index >= 15 is 0 Å². The summed E-state index contributed by atoms with van der Waals surface area (Å²) in [5, 5.41) is 10.2. The van der Waals surface area contributed by atoms with Crippen molar-refractivity contribution in [1.29, 1.82) is 0 Å². The van der Waals surface area contributed by atoms with Crippen LogP contribution in [0, 0.1) is 5.92 Å². The Hall–Kier alpha value is -2.14. The summed E-state index contributed by atoms with van der Waals surface area (Å²) in [4.78, 5) is 24.3. The van der Waals surface area contributed by atoms with Gasteiger partial charge in [-0.15, -0.1) is 0 Å². The number of carbonyl (C=O) groups excluding carboxylic acids is 2. The van der Waals surface area contributed by atoms with Crippen LogP contribution in [0.4, 0.5) is 0 Å². The highest BCUT2D eigenvalue weighted by Crippen LogP contribution is 2.36. The van der Waals surface area contributed by atoms with Gasteiger partial charge < -0.3 is 14.6 Å². The van der Waals surface area contributed by atoms with Crippen molar-refractivity contribution in [3.05, 3.63) is 47.1 Å². The van der Waals surface area contributed by atoms with Crippen molar-refractivity contribution in [2.45, 2.75) is 58.8 Å². The summed E-state index contributed by atoms with van der Waals surface area (Å²) in [6.07, 6.45) is 4.51. The van der Waals surface area contributed by atoms with Gasteiger partial charge in [0, 0.05) is 17.6 Å². The summed E-state index contributed by atoms with van der Waals surface area (Å²) in [6, 6.07) is 0. The Kier molecular flexibility index (Phi) is 6.01. The minimum Gasteiger partial charge on any atom is -0.458 e. The Morgan fingerprint density at radius 1 is 1.44 bits per heavy atom. The zero-order valence-electron chi connectivity index (χ0n) is 15.2. The summed E-state index contributed by atoms with van der Waals surface area (Å²) in [5.41, 5.74) is 2.51. The molecule has 136 valence electrons. The molecule has 2 rings (SSSR count). The van der Waals surface area contributed by atoms with Crippen LogP contribution in [0.3, 0.4) is 0 Å². The topological polar surface area (TPSA) is 72.8 Å². The number of rotatable bonds is 2. The third-order valence-corrected chi connectivity index (χ3v) is 4.84. The molecular weight excluding hydrogens is 320 g/mol. The number of carbonyl (C=O) groups is 2. The van der Waals surface area contributed by atoms with E-state index in [9.17, 15) is 14.7 Å². The van der Waals surface area contributed by atoms with Crippen molar-refractivity contribution >= 4 is 11.9 Å². The van der Waals surface area contributed by atoms with Crippen molar-refractivity contribution in [3.8, 4) is 0 Å². The monoisotopic (exact) mass is 346 g/mol. The number of esters is 2. The number of fused-ring (bicyclic) bond motifs is 1. The standard InChI is InChI=1S/C20H26O5/c1-6-12(3)19(22)24-16-9-11(2)7-8-15(21)13(4)10-17-18(16)14(5)20(23)25-17/h6-7,10,15-18,21H,5,8-9H2,1-4H3/b11-7-,12-6+,13-10-/t15-,16-,17+,18+/m0/s1. The lowest BCUT2D eigenvalue weighted by atomic mass is 9.85. The fraction of sp³-hybridized carbons (Fsp3) is 0.500. The average molecular weight is 346 g/mol. The average Bonchev–Trinajstić information content (AvgIpc) is 2.84. The first-order valence-corrected chi connectivity index (χ1v) is 8.50. The highest BCUT2D eigenvalue weighted by molar-refractivity contribution is 5.92. The van der Waals surface area contributed by atoms with E-state index in [2.05, 4.69) is 6.58 Å². The van der Waals surface area contributed by atoms with Gasteiger partial charge in [0.25, 0.3) is 0 Å². The van der Waals surface area contributed by atoms with E-state index in [1.807, 2.05) is 13.0 Å². The lowest BCUT2D eigenvalue weighted by Gasteiger charge is -2.28. The molecule has 2 aliphatic rings. The number of aliphatic hydroxyl groups is 1. The van der Waals surface area contributed by atoms with Gasteiger partial charge in [0.15, 0.2) is 0 Å². The van der Waals surface area contributed by atoms with E-state index in [0.717, 1.165) is 11.1 Å². The third-order valence-electron chi connectivity index (χ3n) is 4.84. The predicted octanol–water partition coefficient (Wildman–Crippen LogP) is 3.01. The first-order chi connectivity index (χ1) is 11.7. The van der Waals surface area contributed by atoms with Crippen LogP contribution >= 0.6 is 0 Å². The first-order valence-electron chi connectivity index (χ1n) is 8.50. The van der Waals surface area contributed by atoms with E-state index < -0.39 is 36.2 Å². The van der Waals surface area contributed by atoms with Gasteiger partial charge in [-0.05, 0) is 45.8 Å². The van der Waals surface area contributed by atoms with Crippen molar-refractivity contribution in [1.82, 2.24) is 0 Å². The molecule has 1 fully saturated rings. The van der Waals surface area contributed by atoms with Gasteiger partial charge in [0.05, 0.1) is 12.0 Å². The Morgan fingerprint density at radius 3 is 2.76 bits per heavy atom. The zero-order chi connectivity index (χ0) is 18.7. The number of hydrogen-bond acceptors (Lipinski definition) is 5. The maximum atomic E-state index is 12.3. The molecule has 1 N–H and O–H groups in total. The van der Waals surface area contributed by atoms with Crippen molar-refractivity contribution in [2.75, 3.05) is 0 Å². The van der Waals surface area contributed by atoms with Gasteiger partial charge in [0.2, 0.25) is 0 Å². The molecule has 1 aliphatic heterocycles. The van der Waals surface area contributed by atoms with Crippen LogP contribution in [0.25, 0.3) is 0 Å². The van der Waals surface area contributed by atoms with Gasteiger partial charge in [-0.25, -0.2) is 9.59 Å². The molecule has 0 saturated carbocycles. The predicted molar refractivity (Wildman–Crippen MR) is 94.6 cm³/mol. The van der Waals surface area contributed by atoms with Crippen LogP contribution in [0.5, 0.6) is 0 Å². The van der Waals surface area contributed by atoms with Crippen LogP contribution in [0.2, 0.25) is 0 Å². The molecular formula is C20H26O5. The SMILES string of the molecule is C=C1C(=O)O[C@@H]2/C=C(/C)[C@@H](O)C/C=C(/C)C[C@H](OC(=O)/C(C)=C/C)[C@@H]12. The zero-order valence-corrected chi connectivity index (χ0v) is 15.2. The van der Waals surface area contributed by atoms with Crippen LogP contribution in [0.15, 0.2) is 47.1 Å². The van der Waals surface area contributed by atoms with E-state index in [0.29, 0.717) is 24.0 Å². The summed E-state index contributed by atoms with van der Waals surface area (Å²) in [5.74, 6) is -1.37. The maximum Gasteiger partial charge on any atom is 0.334 e. The lowest BCUT2D eigenvalue weighted by molar-refractivity contribution is -0.147. The molecule has 1 saturated heterocycles. The highest BCUT2D eigenvalue weighted by atomic mass is 16.6. The Balaban J connectivity index is 2.42. The van der Waals surface area contributed by atoms with Crippen molar-refractivity contribution < 1.29 is 24.2 Å². The van der Waals surface area contributed by atoms with E-state index in [-0.39, 0.29) is 0 Å². The normalized spacial score (nSPS) is 35.0. The van der Waals surface area contributed by atoms with Crippen LogP contribution in [-0.4, -0.2) is 35.4 Å². The molecule has 1 aliphatic carbocycles. The smallest absolute Gasteiger partial charge is 0.334 e. The molecule has 4 atom stereocenters. The van der Waals surface area contributed by atoms with Gasteiger partial charge in [-0.3, -0.25) is 0 Å². The minimum absolute atomic E-state index is 0.299. The molecule has 0 bridgehead atoms. The molecule has 5 nitrogen and oxygen atoms in total. The molecule has 0 aromatic heterocycles. The maximum absolute atomic E-state index is 12.3. The molecule has 0 radical (unpaired) electrons. The fourth-order valence-corrected chi connectivity index (χ4v) is 3.04. The second-order valence-corrected chi connectivity index (χ2v) is 6.75. The molecule has 0 unspecified atom stereocenters. The van der Waals surface area contributed by atoms with Gasteiger partial charge >= 0.3 is 11.9 Å². The largest absolute Gasteiger partial charge is 0.458 e. The van der Waals surface area contributed by atoms with Gasteiger partial charge in [-0.2, -0.15) is 0 Å². The third kappa shape index (κ3) is 4.28. The molecule has 1 heterocycles. The number of hydrogen-bond donors (Lipinski definition) is 1. The molecule has 0 spiro atoms. The molecule has 25 heavy (non-hydrogen) atoms. The van der Waals surface area contributed by atoms with E-state index in [4.69, 9.17) is 9.47 Å². The molecule has 5 heteroatoms. The van der Waals surface area contributed by atoms with Crippen molar-refractivity contribution in [3.63, 3.8) is 0 Å². The molecule has 0 aromatic carbocycles. The second kappa shape index (κ2) is 7.83. The first kappa shape index (κ1) is 19.2. The second-order valence-electron chi connectivity index (χ2n) is 6.75. The summed E-state index contributed by atoms with van der Waals surface area (Å²) in [7, 11) is 0. The van der Waals surface area contributed by atoms with Gasteiger partial charge in [-0.1, -0.05) is 24.3 Å². The number of aliphatic hydroxyl groups excluding tert-OH is 1. The highest BCUT2D eigenvalue weighted by Gasteiger charge is 2.44. The molecule has 0 amide bonds. The van der Waals surface area contributed by atoms with Gasteiger partial charge in [0.1, 0.15) is 12.2 Å². The lowest BCUT2D eigenvalue weighted by Crippen LogP contribution is -2.34. The van der Waals surface area contributed by atoms with E-state index in [1.54, 1.807) is 32.9 Å². The summed E-state index contributed by atoms with van der Waals surface area (Å²) < 4.78 is 11.1. The van der Waals surface area contributed by atoms with Crippen LogP contribution in [-0.2, 0) is 19.1 Å². The number of ether oxygens (including phenoxy) is 2. The Morgan fingerprint density at radius 2 is 2.12 bits per heavy atom. The Bertz CT molecular complexity index is 668. The Labute approximate surface area is 148 Å². The van der Waals surface area contributed by atoms with Crippen LogP contribution in [0.1, 0.15) is 40.5 Å². The quantitative estimate of drug-likeness (QED) is 0.473. The summed E-state index contributed by atoms with van der Waals surface area (Å²) in [6.45, 7) is 11.0. The van der Waals surface area contributed by atoms with E-state index in [1.165, 1.54) is 0 Å². The van der Waals surface area contributed by atoms with Crippen LogP contribution < -0.4 is 0 Å².